The first-order chi connectivity index (χ1) is 16.2. The largest absolute Gasteiger partial charge is 0.378 e. The van der Waals surface area contributed by atoms with Gasteiger partial charge in [-0.15, -0.1) is 23.1 Å². The summed E-state index contributed by atoms with van der Waals surface area (Å²) in [5, 5.41) is 3.66. The minimum absolute atomic E-state index is 0.190. The number of aromatic nitrogens is 1. The van der Waals surface area contributed by atoms with E-state index >= 15 is 0 Å². The Hall–Kier alpha value is -3.04. The van der Waals surface area contributed by atoms with Crippen LogP contribution in [0.15, 0.2) is 47.5 Å². The van der Waals surface area contributed by atoms with Crippen LogP contribution in [0.25, 0.3) is 10.6 Å². The average molecular weight is 501 g/mol. The highest BCUT2D eigenvalue weighted by molar-refractivity contribution is 8.08. The third-order valence-electron chi connectivity index (χ3n) is 5.02. The van der Waals surface area contributed by atoms with Crippen molar-refractivity contribution in [2.75, 3.05) is 24.9 Å². The van der Waals surface area contributed by atoms with E-state index in [0.29, 0.717) is 5.70 Å². The van der Waals surface area contributed by atoms with E-state index in [4.69, 9.17) is 0 Å². The molecular formula is C25H26F2N4OS2. The summed E-state index contributed by atoms with van der Waals surface area (Å²) in [6, 6.07) is 11.5. The molecule has 3 aromatic rings. The number of aliphatic imine (C=N–C) groups is 1. The van der Waals surface area contributed by atoms with E-state index in [-0.39, 0.29) is 17.9 Å². The third kappa shape index (κ3) is 6.09. The SMILES string of the molecule is C=N/C(=C(\SCNC(=O)Cc1c(F)cccc1F)c1ccc(N(C)C)cc1)c1sc(C)nc1C. The fourth-order valence-electron chi connectivity index (χ4n) is 3.31. The van der Waals surface area contributed by atoms with E-state index in [1.54, 1.807) is 0 Å². The summed E-state index contributed by atoms with van der Waals surface area (Å²) in [7, 11) is 3.93. The van der Waals surface area contributed by atoms with Crippen molar-refractivity contribution in [3.05, 3.63) is 80.8 Å². The lowest BCUT2D eigenvalue weighted by Crippen LogP contribution is -2.25. The predicted molar refractivity (Wildman–Crippen MR) is 139 cm³/mol. The monoisotopic (exact) mass is 500 g/mol. The van der Waals surface area contributed by atoms with Gasteiger partial charge in [-0.1, -0.05) is 18.2 Å². The van der Waals surface area contributed by atoms with E-state index in [1.165, 1.54) is 29.2 Å². The van der Waals surface area contributed by atoms with E-state index in [9.17, 15) is 13.6 Å². The maximum Gasteiger partial charge on any atom is 0.225 e. The Morgan fingerprint density at radius 1 is 1.15 bits per heavy atom. The summed E-state index contributed by atoms with van der Waals surface area (Å²) in [6.07, 6.45) is -0.380. The molecule has 9 heteroatoms. The lowest BCUT2D eigenvalue weighted by molar-refractivity contribution is -0.120. The molecule has 2 aromatic carbocycles. The van der Waals surface area contributed by atoms with Crippen LogP contribution < -0.4 is 10.2 Å². The van der Waals surface area contributed by atoms with Gasteiger partial charge in [-0.2, -0.15) is 0 Å². The van der Waals surface area contributed by atoms with E-state index in [1.807, 2.05) is 57.1 Å². The molecule has 0 bridgehead atoms. The molecule has 34 heavy (non-hydrogen) atoms. The van der Waals surface area contributed by atoms with Crippen LogP contribution in [0.4, 0.5) is 14.5 Å². The number of aryl methyl sites for hydroxylation is 2. The zero-order valence-electron chi connectivity index (χ0n) is 19.5. The summed E-state index contributed by atoms with van der Waals surface area (Å²) in [4.78, 5) is 25.0. The maximum absolute atomic E-state index is 13.9. The van der Waals surface area contributed by atoms with Gasteiger partial charge in [0.05, 0.1) is 33.6 Å². The summed E-state index contributed by atoms with van der Waals surface area (Å²) >= 11 is 2.90. The summed E-state index contributed by atoms with van der Waals surface area (Å²) < 4.78 is 27.8. The van der Waals surface area contributed by atoms with Crippen molar-refractivity contribution < 1.29 is 13.6 Å². The number of amides is 1. The van der Waals surface area contributed by atoms with Crippen molar-refractivity contribution in [3.63, 3.8) is 0 Å². The molecule has 0 spiro atoms. The van der Waals surface area contributed by atoms with Gasteiger partial charge in [0, 0.05) is 30.3 Å². The standard InChI is InChI=1S/C25H26F2N4OS2/c1-15-24(34-16(2)30-15)23(28-3)25(17-9-11-18(12-10-17)31(4)5)33-14-29-22(32)13-19-20(26)7-6-8-21(19)27/h6-12H,3,13-14H2,1-2,4-5H3,(H,29,32)/b25-23-. The number of anilines is 1. The molecule has 3 rings (SSSR count). The molecule has 0 atom stereocenters. The molecule has 0 unspecified atom stereocenters. The number of carbonyl (C=O) groups excluding carboxylic acids is 1. The molecule has 1 amide bonds. The number of nitrogens with one attached hydrogen (secondary N) is 1. The van der Waals surface area contributed by atoms with E-state index in [2.05, 4.69) is 22.0 Å². The quantitative estimate of drug-likeness (QED) is 0.303. The highest BCUT2D eigenvalue weighted by Gasteiger charge is 2.18. The average Bonchev–Trinajstić information content (AvgIpc) is 3.13. The third-order valence-corrected chi connectivity index (χ3v) is 7.11. The van der Waals surface area contributed by atoms with Crippen LogP contribution in [0, 0.1) is 25.5 Å². The minimum Gasteiger partial charge on any atom is -0.378 e. The minimum atomic E-state index is -0.737. The molecule has 0 radical (unpaired) electrons. The molecule has 5 nitrogen and oxygen atoms in total. The topological polar surface area (TPSA) is 57.6 Å². The number of hydrogen-bond acceptors (Lipinski definition) is 6. The number of nitrogens with zero attached hydrogens (tertiary/aromatic N) is 3. The first kappa shape index (κ1) is 25.6. The number of carbonyl (C=O) groups is 1. The van der Waals surface area contributed by atoms with Crippen molar-refractivity contribution in [3.8, 4) is 0 Å². The van der Waals surface area contributed by atoms with Gasteiger partial charge < -0.3 is 10.2 Å². The smallest absolute Gasteiger partial charge is 0.225 e. The molecule has 1 heterocycles. The predicted octanol–water partition coefficient (Wildman–Crippen LogP) is 5.68. The van der Waals surface area contributed by atoms with Crippen LogP contribution in [-0.4, -0.2) is 37.6 Å². The molecule has 0 aliphatic rings. The molecule has 1 aromatic heterocycles. The Morgan fingerprint density at radius 3 is 2.32 bits per heavy atom. The molecule has 178 valence electrons. The number of thiazole rings is 1. The van der Waals surface area contributed by atoms with Gasteiger partial charge in [0.15, 0.2) is 0 Å². The summed E-state index contributed by atoms with van der Waals surface area (Å²) in [5.74, 6) is -1.76. The Kier molecular flexibility index (Phi) is 8.57. The van der Waals surface area contributed by atoms with Gasteiger partial charge in [0.1, 0.15) is 11.6 Å². The number of benzene rings is 2. The van der Waals surface area contributed by atoms with Crippen LogP contribution in [0.5, 0.6) is 0 Å². The number of hydrogen-bond donors (Lipinski definition) is 1. The molecule has 0 saturated heterocycles. The normalized spacial score (nSPS) is 11.7. The summed E-state index contributed by atoms with van der Waals surface area (Å²) in [5.41, 5.74) is 3.25. The van der Waals surface area contributed by atoms with Gasteiger partial charge in [-0.25, -0.2) is 13.8 Å². The molecule has 0 aliphatic carbocycles. The molecular weight excluding hydrogens is 474 g/mol. The van der Waals surface area contributed by atoms with Crippen molar-refractivity contribution in [1.29, 1.82) is 0 Å². The van der Waals surface area contributed by atoms with Crippen molar-refractivity contribution in [2.24, 2.45) is 4.99 Å². The maximum atomic E-state index is 13.9. The highest BCUT2D eigenvalue weighted by atomic mass is 32.2. The highest BCUT2D eigenvalue weighted by Crippen LogP contribution is 2.39. The number of halogens is 2. The molecule has 0 fully saturated rings. The van der Waals surface area contributed by atoms with Crippen LogP contribution in [-0.2, 0) is 11.2 Å². The zero-order chi connectivity index (χ0) is 24.8. The zero-order valence-corrected chi connectivity index (χ0v) is 21.1. The first-order valence-corrected chi connectivity index (χ1v) is 12.3. The lowest BCUT2D eigenvalue weighted by Gasteiger charge is -2.16. The molecule has 1 N–H and O–H groups in total. The van der Waals surface area contributed by atoms with Gasteiger partial charge in [-0.3, -0.25) is 9.79 Å². The first-order valence-electron chi connectivity index (χ1n) is 10.5. The fourth-order valence-corrected chi connectivity index (χ4v) is 5.29. The summed E-state index contributed by atoms with van der Waals surface area (Å²) in [6.45, 7) is 7.63. The van der Waals surface area contributed by atoms with Crippen molar-refractivity contribution >= 4 is 52.0 Å². The van der Waals surface area contributed by atoms with E-state index in [0.717, 1.165) is 43.9 Å². The Labute approximate surface area is 206 Å². The van der Waals surface area contributed by atoms with Crippen molar-refractivity contribution in [1.82, 2.24) is 10.3 Å². The van der Waals surface area contributed by atoms with E-state index < -0.39 is 17.5 Å². The Morgan fingerprint density at radius 2 is 1.79 bits per heavy atom. The second kappa shape index (κ2) is 11.4. The van der Waals surface area contributed by atoms with Gasteiger partial charge in [0.25, 0.3) is 0 Å². The number of rotatable bonds is 9. The van der Waals surface area contributed by atoms with Crippen LogP contribution in [0.2, 0.25) is 0 Å². The Bertz CT molecular complexity index is 1200. The Balaban J connectivity index is 1.86. The number of thioether (sulfide) groups is 1. The second-order valence-corrected chi connectivity index (χ2v) is 9.88. The second-order valence-electron chi connectivity index (χ2n) is 7.69. The van der Waals surface area contributed by atoms with Crippen LogP contribution in [0.3, 0.4) is 0 Å². The fraction of sp³-hybridized carbons (Fsp3) is 0.240. The van der Waals surface area contributed by atoms with Crippen LogP contribution in [0.1, 0.15) is 26.7 Å². The van der Waals surface area contributed by atoms with Crippen molar-refractivity contribution in [2.45, 2.75) is 20.3 Å². The van der Waals surface area contributed by atoms with Gasteiger partial charge in [0.2, 0.25) is 5.91 Å². The molecule has 0 aliphatic heterocycles. The lowest BCUT2D eigenvalue weighted by atomic mass is 10.1. The van der Waals surface area contributed by atoms with Crippen LogP contribution >= 0.6 is 23.1 Å². The van der Waals surface area contributed by atoms with Gasteiger partial charge >= 0.3 is 0 Å². The molecule has 0 saturated carbocycles. The van der Waals surface area contributed by atoms with Gasteiger partial charge in [-0.05, 0) is 50.4 Å².